The van der Waals surface area contributed by atoms with Crippen molar-refractivity contribution in [3.63, 3.8) is 0 Å². The van der Waals surface area contributed by atoms with E-state index in [1.807, 2.05) is 6.07 Å². The molecule has 0 fully saturated rings. The molecule has 0 bridgehead atoms. The summed E-state index contributed by atoms with van der Waals surface area (Å²) in [6.07, 6.45) is 0. The second-order valence-corrected chi connectivity index (χ2v) is 2.72. The van der Waals surface area contributed by atoms with E-state index < -0.39 is 4.92 Å². The number of hydrogen-bond donors (Lipinski definition) is 1. The van der Waals surface area contributed by atoms with E-state index in [9.17, 15) is 10.1 Å². The van der Waals surface area contributed by atoms with E-state index in [-0.39, 0.29) is 11.4 Å². The van der Waals surface area contributed by atoms with Crippen LogP contribution in [0.15, 0.2) is 29.4 Å². The summed E-state index contributed by atoms with van der Waals surface area (Å²) in [5.74, 6) is 0. The summed E-state index contributed by atoms with van der Waals surface area (Å²) in [5, 5.41) is 22.5. The van der Waals surface area contributed by atoms with Crippen molar-refractivity contribution in [2.24, 2.45) is 5.10 Å². The van der Waals surface area contributed by atoms with E-state index in [1.54, 1.807) is 6.92 Å². The van der Waals surface area contributed by atoms with Gasteiger partial charge >= 0.3 is 0 Å². The van der Waals surface area contributed by atoms with Gasteiger partial charge in [-0.15, -0.1) is 0 Å². The van der Waals surface area contributed by atoms with Gasteiger partial charge < -0.3 is 0 Å². The first-order valence-electron chi connectivity index (χ1n) is 4.08. The minimum absolute atomic E-state index is 0.0153. The van der Waals surface area contributed by atoms with Crippen molar-refractivity contribution in [1.82, 2.24) is 0 Å². The molecule has 1 aromatic carbocycles. The minimum atomic E-state index is -0.479. The fourth-order valence-electron chi connectivity index (χ4n) is 0.831. The zero-order valence-corrected chi connectivity index (χ0v) is 7.97. The summed E-state index contributed by atoms with van der Waals surface area (Å²) in [6, 6.07) is 7.61. The van der Waals surface area contributed by atoms with Crippen molar-refractivity contribution in [2.45, 2.75) is 6.92 Å². The van der Waals surface area contributed by atoms with Gasteiger partial charge in [0.25, 0.3) is 5.69 Å². The van der Waals surface area contributed by atoms with Crippen LogP contribution in [0.5, 0.6) is 0 Å². The number of anilines is 1. The highest BCUT2D eigenvalue weighted by atomic mass is 16.6. The van der Waals surface area contributed by atoms with E-state index in [1.165, 1.54) is 24.3 Å². The molecule has 0 aliphatic carbocycles. The Bertz CT molecular complexity index is 430. The maximum Gasteiger partial charge on any atom is 0.269 e. The van der Waals surface area contributed by atoms with E-state index >= 15 is 0 Å². The Hall–Kier alpha value is -2.42. The molecule has 0 atom stereocenters. The molecule has 1 N–H and O–H groups in total. The second-order valence-electron chi connectivity index (χ2n) is 2.72. The Morgan fingerprint density at radius 1 is 1.53 bits per heavy atom. The quantitative estimate of drug-likeness (QED) is 0.462. The summed E-state index contributed by atoms with van der Waals surface area (Å²) in [4.78, 5) is 9.86. The smallest absolute Gasteiger partial charge is 0.269 e. The summed E-state index contributed by atoms with van der Waals surface area (Å²) in [7, 11) is 0. The van der Waals surface area contributed by atoms with E-state index in [4.69, 9.17) is 5.26 Å². The van der Waals surface area contributed by atoms with Gasteiger partial charge in [-0.25, -0.2) is 0 Å². The van der Waals surface area contributed by atoms with Crippen LogP contribution in [0, 0.1) is 21.4 Å². The highest BCUT2D eigenvalue weighted by Gasteiger charge is 2.02. The molecule has 76 valence electrons. The average molecular weight is 204 g/mol. The molecule has 0 saturated heterocycles. The fraction of sp³-hybridized carbons (Fsp3) is 0.111. The van der Waals surface area contributed by atoms with Gasteiger partial charge in [-0.2, -0.15) is 10.4 Å². The van der Waals surface area contributed by atoms with Gasteiger partial charge in [-0.3, -0.25) is 15.5 Å². The lowest BCUT2D eigenvalue weighted by atomic mass is 10.3. The molecule has 1 rings (SSSR count). The molecule has 0 saturated carbocycles. The molecular formula is C9H8N4O2. The first-order chi connectivity index (χ1) is 7.13. The number of benzene rings is 1. The highest BCUT2D eigenvalue weighted by molar-refractivity contribution is 5.96. The third kappa shape index (κ3) is 3.08. The molecule has 0 spiro atoms. The van der Waals surface area contributed by atoms with Crippen LogP contribution in [-0.2, 0) is 0 Å². The summed E-state index contributed by atoms with van der Waals surface area (Å²) in [5.41, 5.74) is 3.50. The van der Waals surface area contributed by atoms with Gasteiger partial charge in [0.15, 0.2) is 0 Å². The zero-order valence-electron chi connectivity index (χ0n) is 7.97. The SMILES string of the molecule is CC(C#N)=NNc1ccc([N+](=O)[O-])cc1. The molecule has 0 unspecified atom stereocenters. The molecule has 6 heteroatoms. The average Bonchev–Trinajstić information content (AvgIpc) is 2.26. The molecule has 0 aromatic heterocycles. The highest BCUT2D eigenvalue weighted by Crippen LogP contribution is 2.15. The predicted molar refractivity (Wildman–Crippen MR) is 55.4 cm³/mol. The van der Waals surface area contributed by atoms with Crippen LogP contribution in [-0.4, -0.2) is 10.6 Å². The monoisotopic (exact) mass is 204 g/mol. The number of nitro groups is 1. The molecule has 0 aliphatic rings. The van der Waals surface area contributed by atoms with Crippen LogP contribution >= 0.6 is 0 Å². The van der Waals surface area contributed by atoms with Gasteiger partial charge in [0.1, 0.15) is 11.8 Å². The van der Waals surface area contributed by atoms with E-state index in [0.29, 0.717) is 5.69 Å². The number of nitrogens with one attached hydrogen (secondary N) is 1. The lowest BCUT2D eigenvalue weighted by molar-refractivity contribution is -0.384. The van der Waals surface area contributed by atoms with Gasteiger partial charge in [-0.05, 0) is 19.1 Å². The van der Waals surface area contributed by atoms with Crippen molar-refractivity contribution in [2.75, 3.05) is 5.43 Å². The van der Waals surface area contributed by atoms with Gasteiger partial charge in [-0.1, -0.05) is 0 Å². The zero-order chi connectivity index (χ0) is 11.3. The summed E-state index contributed by atoms with van der Waals surface area (Å²) in [6.45, 7) is 1.55. The maximum atomic E-state index is 10.3. The molecule has 15 heavy (non-hydrogen) atoms. The Morgan fingerprint density at radius 3 is 2.60 bits per heavy atom. The van der Waals surface area contributed by atoms with Crippen LogP contribution in [0.25, 0.3) is 0 Å². The Morgan fingerprint density at radius 2 is 2.13 bits per heavy atom. The predicted octanol–water partition coefficient (Wildman–Crippen LogP) is 1.91. The normalized spacial score (nSPS) is 10.5. The van der Waals surface area contributed by atoms with Gasteiger partial charge in [0, 0.05) is 12.1 Å². The number of hydrazone groups is 1. The topological polar surface area (TPSA) is 91.3 Å². The lowest BCUT2D eigenvalue weighted by Gasteiger charge is -1.98. The Balaban J connectivity index is 2.74. The van der Waals surface area contributed by atoms with Crippen LogP contribution < -0.4 is 5.43 Å². The third-order valence-corrected chi connectivity index (χ3v) is 1.59. The molecule has 0 heterocycles. The number of non-ortho nitro benzene ring substituents is 1. The number of rotatable bonds is 3. The van der Waals surface area contributed by atoms with E-state index in [0.717, 1.165) is 0 Å². The molecule has 0 radical (unpaired) electrons. The maximum absolute atomic E-state index is 10.3. The first kappa shape index (κ1) is 10.7. The largest absolute Gasteiger partial charge is 0.278 e. The second kappa shape index (κ2) is 4.72. The lowest BCUT2D eigenvalue weighted by Crippen LogP contribution is -1.94. The Labute approximate surface area is 86.0 Å². The van der Waals surface area contributed by atoms with Crippen molar-refractivity contribution >= 4 is 17.1 Å². The van der Waals surface area contributed by atoms with Crippen molar-refractivity contribution in [3.05, 3.63) is 34.4 Å². The first-order valence-corrected chi connectivity index (χ1v) is 4.08. The summed E-state index contributed by atoms with van der Waals surface area (Å²) < 4.78 is 0. The number of hydrogen-bond acceptors (Lipinski definition) is 5. The van der Waals surface area contributed by atoms with Crippen molar-refractivity contribution in [3.8, 4) is 6.07 Å². The fourth-order valence-corrected chi connectivity index (χ4v) is 0.831. The van der Waals surface area contributed by atoms with Crippen LogP contribution in [0.1, 0.15) is 6.92 Å². The number of nitriles is 1. The number of nitro benzene ring substituents is 1. The van der Waals surface area contributed by atoms with Crippen molar-refractivity contribution in [1.29, 1.82) is 5.26 Å². The van der Waals surface area contributed by atoms with E-state index in [2.05, 4.69) is 10.5 Å². The number of nitrogens with zero attached hydrogens (tertiary/aromatic N) is 3. The molecule has 0 aliphatic heterocycles. The van der Waals surface area contributed by atoms with Crippen molar-refractivity contribution < 1.29 is 4.92 Å². The summed E-state index contributed by atoms with van der Waals surface area (Å²) >= 11 is 0. The van der Waals surface area contributed by atoms with Crippen LogP contribution in [0.3, 0.4) is 0 Å². The van der Waals surface area contributed by atoms with Gasteiger partial charge in [0.05, 0.1) is 10.6 Å². The van der Waals surface area contributed by atoms with Crippen LogP contribution in [0.4, 0.5) is 11.4 Å². The molecule has 6 nitrogen and oxygen atoms in total. The molecule has 0 amide bonds. The minimum Gasteiger partial charge on any atom is -0.278 e. The molecular weight excluding hydrogens is 196 g/mol. The molecule has 1 aromatic rings. The van der Waals surface area contributed by atoms with Crippen LogP contribution in [0.2, 0.25) is 0 Å². The third-order valence-electron chi connectivity index (χ3n) is 1.59. The van der Waals surface area contributed by atoms with Gasteiger partial charge in [0.2, 0.25) is 0 Å². The standard InChI is InChI=1S/C9H8N4O2/c1-7(6-10)11-12-8-2-4-9(5-3-8)13(14)15/h2-5,12H,1H3. The Kier molecular flexibility index (Phi) is 3.35.